The molecule has 3 aromatic rings. The van der Waals surface area contributed by atoms with Gasteiger partial charge in [-0.2, -0.15) is 0 Å². The zero-order chi connectivity index (χ0) is 20.3. The summed E-state index contributed by atoms with van der Waals surface area (Å²) >= 11 is 0. The van der Waals surface area contributed by atoms with Crippen LogP contribution in [0.4, 0.5) is 5.69 Å². The fourth-order valence-corrected chi connectivity index (χ4v) is 3.83. The number of anilines is 1. The molecule has 0 amide bonds. The third-order valence-corrected chi connectivity index (χ3v) is 5.50. The second kappa shape index (κ2) is 6.16. The van der Waals surface area contributed by atoms with Crippen molar-refractivity contribution in [2.24, 2.45) is 0 Å². The maximum absolute atomic E-state index is 10.6. The number of nitrogens with one attached hydrogen (secondary N) is 1. The van der Waals surface area contributed by atoms with Crippen LogP contribution in [0.2, 0.25) is 0 Å². The highest BCUT2D eigenvalue weighted by Gasteiger charge is 2.34. The molecular formula is C25H29NO2. The second-order valence-corrected chi connectivity index (χ2v) is 9.76. The largest absolute Gasteiger partial charge is 0.507 e. The minimum Gasteiger partial charge on any atom is -0.507 e. The van der Waals surface area contributed by atoms with Gasteiger partial charge in [-0.15, -0.1) is 0 Å². The highest BCUT2D eigenvalue weighted by atomic mass is 16.5. The average molecular weight is 376 g/mol. The van der Waals surface area contributed by atoms with Crippen LogP contribution in [0.25, 0.3) is 10.8 Å². The number of aromatic hydroxyl groups is 1. The van der Waals surface area contributed by atoms with E-state index in [0.717, 1.165) is 27.8 Å². The summed E-state index contributed by atoms with van der Waals surface area (Å²) in [5.74, 6) is 1.13. The predicted molar refractivity (Wildman–Crippen MR) is 116 cm³/mol. The summed E-state index contributed by atoms with van der Waals surface area (Å²) in [6, 6.07) is 16.2. The van der Waals surface area contributed by atoms with Crippen molar-refractivity contribution in [2.75, 3.05) is 5.32 Å². The lowest BCUT2D eigenvalue weighted by molar-refractivity contribution is 0.250. The number of phenols is 1. The first-order chi connectivity index (χ1) is 13.1. The molecule has 4 rings (SSSR count). The molecule has 0 bridgehead atoms. The van der Waals surface area contributed by atoms with Crippen molar-refractivity contribution in [3.8, 4) is 11.5 Å². The van der Waals surface area contributed by atoms with Crippen molar-refractivity contribution in [2.45, 2.75) is 58.6 Å². The Labute approximate surface area is 167 Å². The maximum Gasteiger partial charge on any atom is 0.200 e. The van der Waals surface area contributed by atoms with Crippen LogP contribution in [0.3, 0.4) is 0 Å². The van der Waals surface area contributed by atoms with E-state index in [4.69, 9.17) is 4.74 Å². The molecular weight excluding hydrogens is 346 g/mol. The SMILES string of the molecule is CC(C)(C)c1cc2c(c(C(C)(C)C)c1)O[C@H](c1c(O)ccc3ccccc13)N2. The molecule has 0 fully saturated rings. The van der Waals surface area contributed by atoms with E-state index in [2.05, 4.69) is 65.1 Å². The van der Waals surface area contributed by atoms with Gasteiger partial charge in [0.1, 0.15) is 11.5 Å². The molecule has 3 nitrogen and oxygen atoms in total. The number of hydrogen-bond donors (Lipinski definition) is 2. The average Bonchev–Trinajstić information content (AvgIpc) is 3.02. The van der Waals surface area contributed by atoms with Gasteiger partial charge in [0.2, 0.25) is 6.23 Å². The highest BCUT2D eigenvalue weighted by Crippen LogP contribution is 2.49. The molecule has 0 spiro atoms. The molecule has 1 aliphatic rings. The van der Waals surface area contributed by atoms with Crippen molar-refractivity contribution in [1.29, 1.82) is 0 Å². The van der Waals surface area contributed by atoms with Gasteiger partial charge in [-0.1, -0.05) is 77.9 Å². The van der Waals surface area contributed by atoms with E-state index >= 15 is 0 Å². The zero-order valence-electron chi connectivity index (χ0n) is 17.6. The Morgan fingerprint density at radius 3 is 2.29 bits per heavy atom. The lowest BCUT2D eigenvalue weighted by atomic mass is 9.80. The first-order valence-electron chi connectivity index (χ1n) is 9.88. The molecule has 0 saturated carbocycles. The third kappa shape index (κ3) is 3.09. The van der Waals surface area contributed by atoms with Gasteiger partial charge in [-0.25, -0.2) is 0 Å². The summed E-state index contributed by atoms with van der Waals surface area (Å²) in [6.07, 6.45) is -0.419. The van der Waals surface area contributed by atoms with Gasteiger partial charge >= 0.3 is 0 Å². The summed E-state index contributed by atoms with van der Waals surface area (Å²) in [7, 11) is 0. The molecule has 3 aromatic carbocycles. The molecule has 0 radical (unpaired) electrons. The first-order valence-corrected chi connectivity index (χ1v) is 9.88. The van der Waals surface area contributed by atoms with Crippen LogP contribution in [-0.2, 0) is 10.8 Å². The topological polar surface area (TPSA) is 41.5 Å². The monoisotopic (exact) mass is 375 g/mol. The van der Waals surface area contributed by atoms with Gasteiger partial charge < -0.3 is 15.2 Å². The Hall–Kier alpha value is -2.68. The number of phenolic OH excluding ortho intramolecular Hbond substituents is 1. The van der Waals surface area contributed by atoms with Gasteiger partial charge in [0, 0.05) is 5.56 Å². The Morgan fingerprint density at radius 2 is 1.61 bits per heavy atom. The summed E-state index contributed by atoms with van der Waals surface area (Å²) in [4.78, 5) is 0. The number of ether oxygens (including phenoxy) is 1. The standard InChI is InChI=1S/C25H29NO2/c1-24(2,3)16-13-18(25(4,5)6)22-19(14-16)26-23(28-22)21-17-10-8-7-9-15(17)11-12-20(21)27/h7-14,23,26-27H,1-6H3/t23-/m1/s1. The van der Waals surface area contributed by atoms with Crippen LogP contribution in [-0.4, -0.2) is 5.11 Å². The molecule has 1 aliphatic heterocycles. The number of hydrogen-bond acceptors (Lipinski definition) is 3. The Bertz CT molecular complexity index is 1050. The first kappa shape index (κ1) is 18.7. The molecule has 0 unspecified atom stereocenters. The molecule has 0 aromatic heterocycles. The Morgan fingerprint density at radius 1 is 0.893 bits per heavy atom. The van der Waals surface area contributed by atoms with Crippen LogP contribution in [0.1, 0.15) is 64.5 Å². The van der Waals surface area contributed by atoms with E-state index in [1.165, 1.54) is 11.1 Å². The summed E-state index contributed by atoms with van der Waals surface area (Å²) in [5.41, 5.74) is 4.22. The van der Waals surface area contributed by atoms with Gasteiger partial charge in [-0.05, 0) is 39.3 Å². The van der Waals surface area contributed by atoms with Crippen molar-refractivity contribution in [3.63, 3.8) is 0 Å². The van der Waals surface area contributed by atoms with E-state index < -0.39 is 6.23 Å². The minimum absolute atomic E-state index is 0.0381. The Kier molecular flexibility index (Phi) is 4.11. The summed E-state index contributed by atoms with van der Waals surface area (Å²) < 4.78 is 6.44. The fraction of sp³-hybridized carbons (Fsp3) is 0.360. The molecule has 2 N–H and O–H groups in total. The van der Waals surface area contributed by atoms with E-state index in [-0.39, 0.29) is 16.6 Å². The van der Waals surface area contributed by atoms with E-state index in [1.54, 1.807) is 6.07 Å². The lowest BCUT2D eigenvalue weighted by Gasteiger charge is -2.26. The molecule has 0 saturated heterocycles. The fourth-order valence-electron chi connectivity index (χ4n) is 3.83. The zero-order valence-corrected chi connectivity index (χ0v) is 17.6. The quantitative estimate of drug-likeness (QED) is 0.501. The van der Waals surface area contributed by atoms with Gasteiger partial charge in [0.15, 0.2) is 0 Å². The van der Waals surface area contributed by atoms with Gasteiger partial charge in [0.25, 0.3) is 0 Å². The molecule has 3 heteroatoms. The minimum atomic E-state index is -0.419. The lowest BCUT2D eigenvalue weighted by Crippen LogP contribution is -2.17. The molecule has 1 atom stereocenters. The smallest absolute Gasteiger partial charge is 0.200 e. The van der Waals surface area contributed by atoms with Crippen molar-refractivity contribution < 1.29 is 9.84 Å². The van der Waals surface area contributed by atoms with E-state index in [1.807, 2.05) is 24.3 Å². The predicted octanol–water partition coefficient (Wildman–Crippen LogP) is 6.64. The maximum atomic E-state index is 10.6. The van der Waals surface area contributed by atoms with Gasteiger partial charge in [0.05, 0.1) is 11.3 Å². The molecule has 146 valence electrons. The van der Waals surface area contributed by atoms with Crippen LogP contribution in [0, 0.1) is 0 Å². The van der Waals surface area contributed by atoms with E-state index in [9.17, 15) is 5.11 Å². The van der Waals surface area contributed by atoms with Crippen molar-refractivity contribution in [3.05, 3.63) is 65.2 Å². The van der Waals surface area contributed by atoms with Crippen LogP contribution < -0.4 is 10.1 Å². The van der Waals surface area contributed by atoms with Crippen LogP contribution in [0.5, 0.6) is 11.5 Å². The van der Waals surface area contributed by atoms with Crippen molar-refractivity contribution >= 4 is 16.5 Å². The number of fused-ring (bicyclic) bond motifs is 2. The summed E-state index contributed by atoms with van der Waals surface area (Å²) in [5, 5.41) is 16.3. The third-order valence-electron chi connectivity index (χ3n) is 5.50. The normalized spacial score (nSPS) is 16.6. The van der Waals surface area contributed by atoms with Gasteiger partial charge in [-0.3, -0.25) is 0 Å². The van der Waals surface area contributed by atoms with Crippen LogP contribution in [0.15, 0.2) is 48.5 Å². The Balaban J connectivity index is 1.86. The van der Waals surface area contributed by atoms with Crippen LogP contribution >= 0.6 is 0 Å². The molecule has 1 heterocycles. The van der Waals surface area contributed by atoms with Crippen molar-refractivity contribution in [1.82, 2.24) is 0 Å². The molecule has 0 aliphatic carbocycles. The number of rotatable bonds is 1. The highest BCUT2D eigenvalue weighted by molar-refractivity contribution is 5.89. The summed E-state index contributed by atoms with van der Waals surface area (Å²) in [6.45, 7) is 13.3. The second-order valence-electron chi connectivity index (χ2n) is 9.76. The number of benzene rings is 3. The van der Waals surface area contributed by atoms with E-state index in [0.29, 0.717) is 0 Å². The molecule has 28 heavy (non-hydrogen) atoms.